The fraction of sp³-hybridized carbons (Fsp3) is 0.500. The van der Waals surface area contributed by atoms with Gasteiger partial charge in [-0.25, -0.2) is 10.8 Å². The zero-order valence-electron chi connectivity index (χ0n) is 12.2. The van der Waals surface area contributed by atoms with Crippen LogP contribution in [-0.2, 0) is 4.74 Å². The summed E-state index contributed by atoms with van der Waals surface area (Å²) < 4.78 is 7.07. The lowest BCUT2D eigenvalue weighted by atomic mass is 10.5. The van der Waals surface area contributed by atoms with E-state index in [1.807, 2.05) is 18.7 Å². The summed E-state index contributed by atoms with van der Waals surface area (Å²) in [4.78, 5) is 18.9. The van der Waals surface area contributed by atoms with Gasteiger partial charge in [0, 0.05) is 32.1 Å². The van der Waals surface area contributed by atoms with Gasteiger partial charge in [0.05, 0.1) is 6.61 Å². The van der Waals surface area contributed by atoms with Gasteiger partial charge in [-0.1, -0.05) is 0 Å². The van der Waals surface area contributed by atoms with E-state index < -0.39 is 0 Å². The van der Waals surface area contributed by atoms with Crippen LogP contribution in [0.5, 0.6) is 0 Å². The number of rotatable bonds is 8. The van der Waals surface area contributed by atoms with Crippen molar-refractivity contribution in [3.63, 3.8) is 0 Å². The number of nitrogen functional groups attached to an aromatic ring is 1. The summed E-state index contributed by atoms with van der Waals surface area (Å²) in [7, 11) is 0. The van der Waals surface area contributed by atoms with E-state index >= 15 is 0 Å². The maximum atomic E-state index is 5.43. The lowest BCUT2D eigenvalue weighted by Gasteiger charge is -2.21. The number of likely N-dealkylation sites (N-methyl/N-ethyl adjacent to an activating group) is 1. The Morgan fingerprint density at radius 2 is 2.19 bits per heavy atom. The highest BCUT2D eigenvalue weighted by atomic mass is 16.5. The van der Waals surface area contributed by atoms with Crippen LogP contribution < -0.4 is 16.2 Å². The van der Waals surface area contributed by atoms with Crippen molar-refractivity contribution in [3.8, 4) is 5.95 Å². The van der Waals surface area contributed by atoms with Crippen molar-refractivity contribution in [3.05, 3.63) is 18.7 Å². The molecule has 2 heterocycles. The van der Waals surface area contributed by atoms with Crippen LogP contribution in [0.15, 0.2) is 18.7 Å². The zero-order chi connectivity index (χ0) is 15.1. The highest BCUT2D eigenvalue weighted by Gasteiger charge is 2.12. The maximum Gasteiger partial charge on any atom is 0.243 e. The van der Waals surface area contributed by atoms with Gasteiger partial charge in [-0.15, -0.1) is 0 Å². The van der Waals surface area contributed by atoms with Crippen LogP contribution in [0.25, 0.3) is 5.95 Å². The van der Waals surface area contributed by atoms with E-state index in [2.05, 4.69) is 25.4 Å². The second-order valence-electron chi connectivity index (χ2n) is 4.15. The molecule has 0 bridgehead atoms. The summed E-state index contributed by atoms with van der Waals surface area (Å²) in [6.45, 7) is 6.74. The lowest BCUT2D eigenvalue weighted by molar-refractivity contribution is 0.153. The minimum atomic E-state index is 0.304. The molecule has 0 saturated heterocycles. The summed E-state index contributed by atoms with van der Waals surface area (Å²) in [6.07, 6.45) is 5.04. The molecule has 0 unspecified atom stereocenters. The molecule has 9 heteroatoms. The van der Waals surface area contributed by atoms with Crippen LogP contribution in [0, 0.1) is 0 Å². The van der Waals surface area contributed by atoms with Crippen LogP contribution in [0.3, 0.4) is 0 Å². The molecule has 21 heavy (non-hydrogen) atoms. The monoisotopic (exact) mass is 292 g/mol. The van der Waals surface area contributed by atoms with Crippen LogP contribution >= 0.6 is 0 Å². The number of imidazole rings is 1. The number of nitrogens with one attached hydrogen (secondary N) is 1. The molecule has 2 aromatic rings. The van der Waals surface area contributed by atoms with Crippen molar-refractivity contribution in [2.45, 2.75) is 13.8 Å². The first-order chi connectivity index (χ1) is 10.3. The first-order valence-corrected chi connectivity index (χ1v) is 6.82. The molecular formula is C12H20N8O. The van der Waals surface area contributed by atoms with Crippen molar-refractivity contribution in [2.75, 3.05) is 36.6 Å². The average molecular weight is 292 g/mol. The molecular weight excluding hydrogens is 272 g/mol. The van der Waals surface area contributed by atoms with E-state index in [4.69, 9.17) is 10.6 Å². The largest absolute Gasteiger partial charge is 0.380 e. The van der Waals surface area contributed by atoms with E-state index in [0.717, 1.165) is 6.54 Å². The van der Waals surface area contributed by atoms with E-state index in [0.29, 0.717) is 37.6 Å². The fourth-order valence-corrected chi connectivity index (χ4v) is 1.77. The van der Waals surface area contributed by atoms with Crippen molar-refractivity contribution in [1.29, 1.82) is 0 Å². The third-order valence-corrected chi connectivity index (χ3v) is 2.85. The second-order valence-corrected chi connectivity index (χ2v) is 4.15. The molecule has 0 fully saturated rings. The summed E-state index contributed by atoms with van der Waals surface area (Å²) in [5, 5.41) is 0. The molecule has 2 rings (SSSR count). The Kier molecular flexibility index (Phi) is 5.41. The molecule has 0 radical (unpaired) electrons. The smallest absolute Gasteiger partial charge is 0.243 e. The van der Waals surface area contributed by atoms with Crippen molar-refractivity contribution < 1.29 is 4.74 Å². The summed E-state index contributed by atoms with van der Waals surface area (Å²) >= 11 is 0. The number of ether oxygens (including phenoxy) is 1. The predicted molar refractivity (Wildman–Crippen MR) is 79.1 cm³/mol. The second kappa shape index (κ2) is 7.50. The van der Waals surface area contributed by atoms with E-state index in [1.165, 1.54) is 0 Å². The number of anilines is 2. The van der Waals surface area contributed by atoms with Crippen LogP contribution in [0.4, 0.5) is 11.9 Å². The SMILES string of the molecule is CCOCCN(CC)c1nc(NN)nc(-n2ccnc2)n1. The predicted octanol–water partition coefficient (Wildman–Crippen LogP) is 0.206. The minimum absolute atomic E-state index is 0.304. The third-order valence-electron chi connectivity index (χ3n) is 2.85. The van der Waals surface area contributed by atoms with Gasteiger partial charge in [0.15, 0.2) is 0 Å². The quantitative estimate of drug-likeness (QED) is 0.404. The van der Waals surface area contributed by atoms with Crippen molar-refractivity contribution in [2.24, 2.45) is 5.84 Å². The molecule has 3 N–H and O–H groups in total. The number of hydrogen-bond donors (Lipinski definition) is 2. The van der Waals surface area contributed by atoms with Gasteiger partial charge >= 0.3 is 0 Å². The standard InChI is InChI=1S/C12H20N8O/c1-3-19(7-8-21-4-2)11-15-10(18-13)16-12(17-11)20-6-5-14-9-20/h5-6,9H,3-4,7-8,13H2,1-2H3,(H,15,16,17,18). The number of nitrogens with zero attached hydrogens (tertiary/aromatic N) is 6. The van der Waals surface area contributed by atoms with Gasteiger partial charge in [-0.3, -0.25) is 9.99 Å². The number of hydrazine groups is 1. The summed E-state index contributed by atoms with van der Waals surface area (Å²) in [6, 6.07) is 0. The van der Waals surface area contributed by atoms with Gasteiger partial charge < -0.3 is 9.64 Å². The Balaban J connectivity index is 2.26. The highest BCUT2D eigenvalue weighted by Crippen LogP contribution is 2.12. The summed E-state index contributed by atoms with van der Waals surface area (Å²) in [5.41, 5.74) is 2.46. The van der Waals surface area contributed by atoms with Crippen molar-refractivity contribution >= 4 is 11.9 Å². The number of hydrogen-bond acceptors (Lipinski definition) is 8. The Morgan fingerprint density at radius 3 is 2.81 bits per heavy atom. The van der Waals surface area contributed by atoms with Gasteiger partial charge in [0.2, 0.25) is 17.8 Å². The minimum Gasteiger partial charge on any atom is -0.380 e. The van der Waals surface area contributed by atoms with Gasteiger partial charge in [0.25, 0.3) is 0 Å². The normalized spacial score (nSPS) is 10.6. The number of aromatic nitrogens is 5. The first-order valence-electron chi connectivity index (χ1n) is 6.82. The Hall–Kier alpha value is -2.26. The Bertz CT molecular complexity index is 544. The molecule has 0 spiro atoms. The molecule has 0 aliphatic rings. The molecule has 0 saturated carbocycles. The van der Waals surface area contributed by atoms with Crippen LogP contribution in [0.1, 0.15) is 13.8 Å². The van der Waals surface area contributed by atoms with Crippen molar-refractivity contribution in [1.82, 2.24) is 24.5 Å². The molecule has 0 aliphatic heterocycles. The zero-order valence-corrected chi connectivity index (χ0v) is 12.2. The molecule has 114 valence electrons. The molecule has 9 nitrogen and oxygen atoms in total. The van der Waals surface area contributed by atoms with E-state index in [-0.39, 0.29) is 0 Å². The van der Waals surface area contributed by atoms with Gasteiger partial charge in [0.1, 0.15) is 6.33 Å². The molecule has 2 aromatic heterocycles. The molecule has 0 amide bonds. The average Bonchev–Trinajstić information content (AvgIpc) is 3.05. The summed E-state index contributed by atoms with van der Waals surface area (Å²) in [5.74, 6) is 6.74. The van der Waals surface area contributed by atoms with E-state index in [1.54, 1.807) is 23.3 Å². The Morgan fingerprint density at radius 1 is 1.33 bits per heavy atom. The lowest BCUT2D eigenvalue weighted by Crippen LogP contribution is -2.30. The maximum absolute atomic E-state index is 5.43. The topological polar surface area (TPSA) is 107 Å². The molecule has 0 atom stereocenters. The van der Waals surface area contributed by atoms with Crippen LogP contribution in [0.2, 0.25) is 0 Å². The highest BCUT2D eigenvalue weighted by molar-refractivity contribution is 5.39. The Labute approximate surface area is 123 Å². The first kappa shape index (κ1) is 15.1. The van der Waals surface area contributed by atoms with Crippen LogP contribution in [-0.4, -0.2) is 50.8 Å². The third kappa shape index (κ3) is 3.86. The van der Waals surface area contributed by atoms with E-state index in [9.17, 15) is 0 Å². The number of nitrogens with two attached hydrogens (primary N) is 1. The molecule has 0 aliphatic carbocycles. The van der Waals surface area contributed by atoms with Gasteiger partial charge in [-0.05, 0) is 13.8 Å². The molecule has 0 aromatic carbocycles. The fourth-order valence-electron chi connectivity index (χ4n) is 1.77. The van der Waals surface area contributed by atoms with Gasteiger partial charge in [-0.2, -0.15) is 15.0 Å².